The van der Waals surface area contributed by atoms with Gasteiger partial charge in [0, 0.05) is 18.3 Å². The number of halogens is 6. The number of likely N-dealkylation sites (N-methyl/N-ethyl adjacent to an activating group) is 1. The standard InChI is InChI=1S/C29H28F6N2O4S/c1-36(42(40,41)29-27(34)25(32)24(31)26(33)28(29)35)15-23(39)37(21-12-11-20(16-38)22(30)13-21)14-17-7-9-19(10-8-17)18-5-3-2-4-6-18/h7-13,18,38H,2-6,14-16H2,1H3. The number of anilines is 1. The molecule has 226 valence electrons. The van der Waals surface area contributed by atoms with Crippen LogP contribution in [0, 0.1) is 34.9 Å². The minimum atomic E-state index is -5.40. The van der Waals surface area contributed by atoms with Crippen LogP contribution in [0.4, 0.5) is 32.0 Å². The minimum absolute atomic E-state index is 0.0203. The lowest BCUT2D eigenvalue weighted by molar-refractivity contribution is -0.118. The van der Waals surface area contributed by atoms with Crippen LogP contribution in [0.25, 0.3) is 0 Å². The van der Waals surface area contributed by atoms with Gasteiger partial charge in [-0.05, 0) is 42.0 Å². The van der Waals surface area contributed by atoms with E-state index in [4.69, 9.17) is 0 Å². The fraction of sp³-hybridized carbons (Fsp3) is 0.345. The summed E-state index contributed by atoms with van der Waals surface area (Å²) in [7, 11) is -4.67. The van der Waals surface area contributed by atoms with E-state index >= 15 is 0 Å². The van der Waals surface area contributed by atoms with Crippen LogP contribution in [0.15, 0.2) is 47.4 Å². The predicted octanol–water partition coefficient (Wildman–Crippen LogP) is 5.92. The van der Waals surface area contributed by atoms with Gasteiger partial charge in [0.25, 0.3) is 0 Å². The van der Waals surface area contributed by atoms with Gasteiger partial charge < -0.3 is 10.0 Å². The van der Waals surface area contributed by atoms with E-state index in [9.17, 15) is 44.7 Å². The van der Waals surface area contributed by atoms with Gasteiger partial charge >= 0.3 is 0 Å². The molecule has 3 aromatic carbocycles. The van der Waals surface area contributed by atoms with Gasteiger partial charge in [0.05, 0.1) is 19.7 Å². The highest BCUT2D eigenvalue weighted by Crippen LogP contribution is 2.33. The number of rotatable bonds is 9. The first kappa shape index (κ1) is 31.5. The second-order valence-electron chi connectivity index (χ2n) is 10.2. The largest absolute Gasteiger partial charge is 0.392 e. The van der Waals surface area contributed by atoms with Gasteiger partial charge in [-0.2, -0.15) is 4.31 Å². The summed E-state index contributed by atoms with van der Waals surface area (Å²) >= 11 is 0. The van der Waals surface area contributed by atoms with Crippen molar-refractivity contribution in [1.82, 2.24) is 4.31 Å². The number of hydrogen-bond acceptors (Lipinski definition) is 4. The van der Waals surface area contributed by atoms with Crippen LogP contribution in [0.2, 0.25) is 0 Å². The van der Waals surface area contributed by atoms with Crippen LogP contribution in [-0.4, -0.2) is 37.3 Å². The highest BCUT2D eigenvalue weighted by molar-refractivity contribution is 7.89. The van der Waals surface area contributed by atoms with E-state index in [2.05, 4.69) is 0 Å². The Kier molecular flexibility index (Phi) is 9.63. The van der Waals surface area contributed by atoms with Gasteiger partial charge in [-0.15, -0.1) is 0 Å². The smallest absolute Gasteiger partial charge is 0.249 e. The average Bonchev–Trinajstić information content (AvgIpc) is 2.98. The van der Waals surface area contributed by atoms with Crippen molar-refractivity contribution < 1.29 is 44.7 Å². The maximum Gasteiger partial charge on any atom is 0.249 e. The molecular formula is C29H28F6N2O4S. The van der Waals surface area contributed by atoms with E-state index in [1.165, 1.54) is 18.6 Å². The molecule has 3 aromatic rings. The number of carbonyl (C=O) groups is 1. The van der Waals surface area contributed by atoms with Gasteiger partial charge in [0.1, 0.15) is 5.82 Å². The molecule has 6 nitrogen and oxygen atoms in total. The Labute approximate surface area is 239 Å². The third kappa shape index (κ3) is 6.32. The van der Waals surface area contributed by atoms with Crippen LogP contribution in [0.5, 0.6) is 0 Å². The van der Waals surface area contributed by atoms with Crippen molar-refractivity contribution in [3.8, 4) is 0 Å². The van der Waals surface area contributed by atoms with Gasteiger partial charge in [0.2, 0.25) is 21.7 Å². The van der Waals surface area contributed by atoms with Gasteiger partial charge in [0.15, 0.2) is 28.2 Å². The molecule has 1 aliphatic rings. The summed E-state index contributed by atoms with van der Waals surface area (Å²) in [6, 6.07) is 10.9. The van der Waals surface area contributed by atoms with E-state index in [1.54, 1.807) is 12.1 Å². The van der Waals surface area contributed by atoms with Crippen LogP contribution in [-0.2, 0) is 28.0 Å². The molecule has 0 spiro atoms. The van der Waals surface area contributed by atoms with Crippen LogP contribution in [0.1, 0.15) is 54.7 Å². The fourth-order valence-corrected chi connectivity index (χ4v) is 6.22. The zero-order valence-electron chi connectivity index (χ0n) is 22.5. The molecule has 0 heterocycles. The molecule has 1 fully saturated rings. The summed E-state index contributed by atoms with van der Waals surface area (Å²) in [6.45, 7) is -1.88. The van der Waals surface area contributed by atoms with Crippen LogP contribution in [0.3, 0.4) is 0 Å². The number of aliphatic hydroxyl groups is 1. The Morgan fingerprint density at radius 2 is 1.43 bits per heavy atom. The fourth-order valence-electron chi connectivity index (χ4n) is 5.00. The summed E-state index contributed by atoms with van der Waals surface area (Å²) in [5.41, 5.74) is 1.64. The first-order valence-electron chi connectivity index (χ1n) is 13.1. The predicted molar refractivity (Wildman–Crippen MR) is 142 cm³/mol. The van der Waals surface area contributed by atoms with Crippen molar-refractivity contribution >= 4 is 21.6 Å². The Morgan fingerprint density at radius 3 is 1.98 bits per heavy atom. The van der Waals surface area contributed by atoms with Crippen molar-refractivity contribution in [3.05, 3.63) is 94.1 Å². The molecule has 4 rings (SSSR count). The molecule has 13 heteroatoms. The molecule has 0 saturated heterocycles. The number of sulfonamides is 1. The van der Waals surface area contributed by atoms with Crippen molar-refractivity contribution in [3.63, 3.8) is 0 Å². The number of carbonyl (C=O) groups excluding carboxylic acids is 1. The molecule has 1 N–H and O–H groups in total. The molecule has 0 aromatic heterocycles. The maximum atomic E-state index is 14.6. The Bertz CT molecular complexity index is 1550. The second kappa shape index (κ2) is 12.8. The molecule has 42 heavy (non-hydrogen) atoms. The number of hydrogen-bond donors (Lipinski definition) is 1. The number of aliphatic hydroxyl groups excluding tert-OH is 1. The average molecular weight is 615 g/mol. The van der Waals surface area contributed by atoms with Crippen LogP contribution >= 0.6 is 0 Å². The zero-order chi connectivity index (χ0) is 30.8. The highest BCUT2D eigenvalue weighted by Gasteiger charge is 2.37. The second-order valence-corrected chi connectivity index (χ2v) is 12.1. The molecule has 0 unspecified atom stereocenters. The maximum absolute atomic E-state index is 14.6. The molecule has 1 saturated carbocycles. The van der Waals surface area contributed by atoms with Crippen molar-refractivity contribution in [1.29, 1.82) is 0 Å². The minimum Gasteiger partial charge on any atom is -0.392 e. The molecule has 1 amide bonds. The van der Waals surface area contributed by atoms with Gasteiger partial charge in [-0.3, -0.25) is 4.79 Å². The highest BCUT2D eigenvalue weighted by atomic mass is 32.2. The quantitative estimate of drug-likeness (QED) is 0.185. The van der Waals surface area contributed by atoms with E-state index in [0.29, 0.717) is 11.5 Å². The molecular weight excluding hydrogens is 586 g/mol. The molecule has 0 radical (unpaired) electrons. The number of amides is 1. The van der Waals surface area contributed by atoms with Crippen molar-refractivity contribution in [2.24, 2.45) is 0 Å². The third-order valence-electron chi connectivity index (χ3n) is 7.41. The monoisotopic (exact) mass is 614 g/mol. The molecule has 0 atom stereocenters. The van der Waals surface area contributed by atoms with Gasteiger partial charge in [-0.1, -0.05) is 49.6 Å². The summed E-state index contributed by atoms with van der Waals surface area (Å²) in [5.74, 6) is -14.0. The lowest BCUT2D eigenvalue weighted by Gasteiger charge is -2.27. The van der Waals surface area contributed by atoms with Crippen molar-refractivity contribution in [2.75, 3.05) is 18.5 Å². The normalized spacial score (nSPS) is 14.4. The third-order valence-corrected chi connectivity index (χ3v) is 9.24. The summed E-state index contributed by atoms with van der Waals surface area (Å²) in [6.07, 6.45) is 5.57. The Morgan fingerprint density at radius 1 is 0.857 bits per heavy atom. The molecule has 1 aliphatic carbocycles. The lowest BCUT2D eigenvalue weighted by atomic mass is 9.84. The molecule has 0 aliphatic heterocycles. The SMILES string of the molecule is CN(CC(=O)N(Cc1ccc(C2CCCCC2)cc1)c1ccc(CO)c(F)c1)S(=O)(=O)c1c(F)c(F)c(F)c(F)c1F. The van der Waals surface area contributed by atoms with E-state index in [-0.39, 0.29) is 22.1 Å². The Balaban J connectivity index is 1.64. The molecule has 0 bridgehead atoms. The summed E-state index contributed by atoms with van der Waals surface area (Å²) in [5, 5.41) is 9.31. The summed E-state index contributed by atoms with van der Waals surface area (Å²) < 4.78 is 110. The number of nitrogens with zero attached hydrogens (tertiary/aromatic N) is 2. The lowest BCUT2D eigenvalue weighted by Crippen LogP contribution is -2.41. The van der Waals surface area contributed by atoms with Gasteiger partial charge in [-0.25, -0.2) is 34.8 Å². The van der Waals surface area contributed by atoms with E-state index < -0.39 is 68.9 Å². The topological polar surface area (TPSA) is 77.9 Å². The van der Waals surface area contributed by atoms with E-state index in [1.807, 2.05) is 12.1 Å². The first-order chi connectivity index (χ1) is 19.9. The Hall–Kier alpha value is -3.42. The van der Waals surface area contributed by atoms with Crippen LogP contribution < -0.4 is 4.90 Å². The van der Waals surface area contributed by atoms with Crippen molar-refractivity contribution in [2.45, 2.75) is 56.1 Å². The first-order valence-corrected chi connectivity index (χ1v) is 14.6. The zero-order valence-corrected chi connectivity index (χ0v) is 23.3. The number of benzene rings is 3. The summed E-state index contributed by atoms with van der Waals surface area (Å²) in [4.78, 5) is 12.3. The van der Waals surface area contributed by atoms with E-state index in [0.717, 1.165) is 49.3 Å².